The van der Waals surface area contributed by atoms with E-state index >= 15 is 0 Å². The number of rotatable bonds is 4. The van der Waals surface area contributed by atoms with E-state index in [-0.39, 0.29) is 18.6 Å². The standard InChI is InChI=1S/C16H24N2O2/c1-16(17,13-7-3-2-4-8-13)15(20)18-11-6-5-9-14(18)10-12-19/h2-4,7-8,14,19H,5-6,9-12,17H2,1H3. The molecule has 0 aliphatic carbocycles. The highest BCUT2D eigenvalue weighted by Gasteiger charge is 2.37. The lowest BCUT2D eigenvalue weighted by atomic mass is 9.89. The Morgan fingerprint density at radius 1 is 1.40 bits per heavy atom. The topological polar surface area (TPSA) is 66.6 Å². The van der Waals surface area contributed by atoms with Crippen molar-refractivity contribution >= 4 is 5.91 Å². The van der Waals surface area contributed by atoms with Crippen molar-refractivity contribution in [3.05, 3.63) is 35.9 Å². The van der Waals surface area contributed by atoms with Crippen LogP contribution in [-0.2, 0) is 10.3 Å². The second-order valence-corrected chi connectivity index (χ2v) is 5.73. The van der Waals surface area contributed by atoms with Crippen LogP contribution in [0.5, 0.6) is 0 Å². The zero-order chi connectivity index (χ0) is 14.6. The second kappa shape index (κ2) is 6.37. The maximum atomic E-state index is 12.8. The van der Waals surface area contributed by atoms with Gasteiger partial charge in [-0.2, -0.15) is 0 Å². The molecule has 0 aromatic heterocycles. The first-order valence-electron chi connectivity index (χ1n) is 7.33. The highest BCUT2D eigenvalue weighted by Crippen LogP contribution is 2.26. The van der Waals surface area contributed by atoms with Crippen molar-refractivity contribution in [3.8, 4) is 0 Å². The average Bonchev–Trinajstić information content (AvgIpc) is 2.48. The molecule has 1 aliphatic heterocycles. The van der Waals surface area contributed by atoms with Gasteiger partial charge in [-0.3, -0.25) is 4.79 Å². The lowest BCUT2D eigenvalue weighted by molar-refractivity contribution is -0.140. The van der Waals surface area contributed by atoms with Gasteiger partial charge in [0.2, 0.25) is 5.91 Å². The first-order valence-corrected chi connectivity index (χ1v) is 7.33. The van der Waals surface area contributed by atoms with Gasteiger partial charge in [0.05, 0.1) is 0 Å². The maximum Gasteiger partial charge on any atom is 0.247 e. The zero-order valence-corrected chi connectivity index (χ0v) is 12.1. The van der Waals surface area contributed by atoms with Crippen molar-refractivity contribution in [1.82, 2.24) is 4.90 Å². The minimum Gasteiger partial charge on any atom is -0.396 e. The number of benzene rings is 1. The smallest absolute Gasteiger partial charge is 0.247 e. The molecule has 2 atom stereocenters. The number of aliphatic hydroxyl groups excluding tert-OH is 1. The van der Waals surface area contributed by atoms with Crippen molar-refractivity contribution in [2.75, 3.05) is 13.2 Å². The van der Waals surface area contributed by atoms with Crippen LogP contribution >= 0.6 is 0 Å². The van der Waals surface area contributed by atoms with E-state index in [1.807, 2.05) is 35.2 Å². The highest BCUT2D eigenvalue weighted by molar-refractivity contribution is 5.87. The first kappa shape index (κ1) is 15.0. The Kier molecular flexibility index (Phi) is 4.78. The van der Waals surface area contributed by atoms with E-state index in [4.69, 9.17) is 10.8 Å². The minimum absolute atomic E-state index is 0.0400. The predicted molar refractivity (Wildman–Crippen MR) is 79.0 cm³/mol. The molecule has 3 N–H and O–H groups in total. The van der Waals surface area contributed by atoms with Gasteiger partial charge in [-0.05, 0) is 38.2 Å². The summed E-state index contributed by atoms with van der Waals surface area (Å²) in [5, 5.41) is 9.17. The van der Waals surface area contributed by atoms with Gasteiger partial charge in [0, 0.05) is 19.2 Å². The van der Waals surface area contributed by atoms with E-state index in [0.29, 0.717) is 6.42 Å². The number of piperidine rings is 1. The molecule has 0 radical (unpaired) electrons. The lowest BCUT2D eigenvalue weighted by Crippen LogP contribution is -2.55. The van der Waals surface area contributed by atoms with E-state index in [1.165, 1.54) is 0 Å². The highest BCUT2D eigenvalue weighted by atomic mass is 16.3. The van der Waals surface area contributed by atoms with E-state index in [9.17, 15) is 4.79 Å². The van der Waals surface area contributed by atoms with E-state index < -0.39 is 5.54 Å². The molecule has 1 aliphatic rings. The summed E-state index contributed by atoms with van der Waals surface area (Å²) in [4.78, 5) is 14.7. The van der Waals surface area contributed by atoms with E-state index in [2.05, 4.69) is 0 Å². The molecule has 2 rings (SSSR count). The summed E-state index contributed by atoms with van der Waals surface area (Å²) in [7, 11) is 0. The number of nitrogens with two attached hydrogens (primary N) is 1. The third-order valence-electron chi connectivity index (χ3n) is 4.17. The molecular formula is C16H24N2O2. The Balaban J connectivity index is 2.20. The third kappa shape index (κ3) is 3.02. The molecule has 1 fully saturated rings. The summed E-state index contributed by atoms with van der Waals surface area (Å²) in [6.45, 7) is 2.62. The fourth-order valence-electron chi connectivity index (χ4n) is 2.92. The summed E-state index contributed by atoms with van der Waals surface area (Å²) >= 11 is 0. The van der Waals surface area contributed by atoms with E-state index in [1.54, 1.807) is 6.92 Å². The summed E-state index contributed by atoms with van der Waals surface area (Å²) in [5.41, 5.74) is 6.14. The summed E-state index contributed by atoms with van der Waals surface area (Å²) in [5.74, 6) is -0.0400. The van der Waals surface area contributed by atoms with Gasteiger partial charge in [0.25, 0.3) is 0 Å². The monoisotopic (exact) mass is 276 g/mol. The molecular weight excluding hydrogens is 252 g/mol. The van der Waals surface area contributed by atoms with Crippen LogP contribution in [0, 0.1) is 0 Å². The molecule has 1 amide bonds. The van der Waals surface area contributed by atoms with Gasteiger partial charge >= 0.3 is 0 Å². The lowest BCUT2D eigenvalue weighted by Gasteiger charge is -2.40. The molecule has 1 aromatic rings. The summed E-state index contributed by atoms with van der Waals surface area (Å²) in [6, 6.07) is 9.61. The largest absolute Gasteiger partial charge is 0.396 e. The number of hydrogen-bond acceptors (Lipinski definition) is 3. The van der Waals surface area contributed by atoms with E-state index in [0.717, 1.165) is 31.4 Å². The van der Waals surface area contributed by atoms with Gasteiger partial charge in [-0.1, -0.05) is 30.3 Å². The molecule has 1 heterocycles. The number of aliphatic hydroxyl groups is 1. The number of amides is 1. The molecule has 20 heavy (non-hydrogen) atoms. The molecule has 1 aromatic carbocycles. The fourth-order valence-corrected chi connectivity index (χ4v) is 2.92. The van der Waals surface area contributed by atoms with Crippen LogP contribution in [0.2, 0.25) is 0 Å². The molecule has 4 heteroatoms. The van der Waals surface area contributed by atoms with Crippen molar-refractivity contribution in [1.29, 1.82) is 0 Å². The van der Waals surface area contributed by atoms with Gasteiger partial charge in [0.15, 0.2) is 0 Å². The Labute approximate surface area is 120 Å². The van der Waals surface area contributed by atoms with Crippen LogP contribution in [-0.4, -0.2) is 35.1 Å². The fraction of sp³-hybridized carbons (Fsp3) is 0.562. The van der Waals surface area contributed by atoms with Crippen LogP contribution < -0.4 is 5.73 Å². The summed E-state index contributed by atoms with van der Waals surface area (Å²) in [6.07, 6.45) is 3.72. The van der Waals surface area contributed by atoms with Crippen LogP contribution in [0.3, 0.4) is 0 Å². The predicted octanol–water partition coefficient (Wildman–Crippen LogP) is 1.62. The van der Waals surface area contributed by atoms with Crippen molar-refractivity contribution in [3.63, 3.8) is 0 Å². The van der Waals surface area contributed by atoms with Crippen LogP contribution in [0.4, 0.5) is 0 Å². The minimum atomic E-state index is -1.01. The van der Waals surface area contributed by atoms with Crippen LogP contribution in [0.15, 0.2) is 30.3 Å². The zero-order valence-electron chi connectivity index (χ0n) is 12.1. The van der Waals surface area contributed by atoms with Crippen molar-refractivity contribution in [2.45, 2.75) is 44.2 Å². The Morgan fingerprint density at radius 2 is 2.10 bits per heavy atom. The van der Waals surface area contributed by atoms with Crippen LogP contribution in [0.25, 0.3) is 0 Å². The Morgan fingerprint density at radius 3 is 2.75 bits per heavy atom. The third-order valence-corrected chi connectivity index (χ3v) is 4.17. The number of carbonyl (C=O) groups excluding carboxylic acids is 1. The Hall–Kier alpha value is -1.39. The molecule has 2 unspecified atom stereocenters. The maximum absolute atomic E-state index is 12.8. The van der Waals surface area contributed by atoms with Crippen LogP contribution in [0.1, 0.15) is 38.2 Å². The molecule has 0 bridgehead atoms. The van der Waals surface area contributed by atoms with Gasteiger partial charge in [-0.15, -0.1) is 0 Å². The van der Waals surface area contributed by atoms with Crippen molar-refractivity contribution < 1.29 is 9.90 Å². The molecule has 1 saturated heterocycles. The molecule has 4 nitrogen and oxygen atoms in total. The quantitative estimate of drug-likeness (QED) is 0.878. The number of hydrogen-bond donors (Lipinski definition) is 2. The molecule has 110 valence electrons. The number of nitrogens with zero attached hydrogens (tertiary/aromatic N) is 1. The Bertz CT molecular complexity index is 443. The first-order chi connectivity index (χ1) is 9.57. The number of carbonyl (C=O) groups is 1. The van der Waals surface area contributed by atoms with Gasteiger partial charge < -0.3 is 15.7 Å². The average molecular weight is 276 g/mol. The second-order valence-electron chi connectivity index (χ2n) is 5.73. The number of likely N-dealkylation sites (tertiary alicyclic amines) is 1. The summed E-state index contributed by atoms with van der Waals surface area (Å²) < 4.78 is 0. The van der Waals surface area contributed by atoms with Gasteiger partial charge in [0.1, 0.15) is 5.54 Å². The molecule has 0 spiro atoms. The molecule has 0 saturated carbocycles. The SMILES string of the molecule is CC(N)(C(=O)N1CCCCC1CCO)c1ccccc1. The van der Waals surface area contributed by atoms with Crippen molar-refractivity contribution in [2.24, 2.45) is 5.73 Å². The van der Waals surface area contributed by atoms with Gasteiger partial charge in [-0.25, -0.2) is 0 Å². The normalized spacial score (nSPS) is 22.4.